The second-order valence-electron chi connectivity index (χ2n) is 3.17. The summed E-state index contributed by atoms with van der Waals surface area (Å²) in [5, 5.41) is 11.0. The maximum atomic E-state index is 12.4. The number of hydrogen-bond donors (Lipinski definition) is 2. The highest BCUT2D eigenvalue weighted by Gasteiger charge is 2.60. The summed E-state index contributed by atoms with van der Waals surface area (Å²) >= 11 is 0. The molecule has 0 radical (unpaired) electrons. The first-order chi connectivity index (χ1) is 5.90. The monoisotopic (exact) mass is 197 g/mol. The molecule has 0 aromatic rings. The van der Waals surface area contributed by atoms with E-state index in [4.69, 9.17) is 5.11 Å². The average Bonchev–Trinajstić information content (AvgIpc) is 2.03. The highest BCUT2D eigenvalue weighted by atomic mass is 19.4. The molecule has 1 saturated heterocycles. The number of carboxylic acids is 1. The van der Waals surface area contributed by atoms with Crippen molar-refractivity contribution in [3.05, 3.63) is 0 Å². The number of nitrogens with one attached hydrogen (secondary N) is 1. The van der Waals surface area contributed by atoms with E-state index < -0.39 is 24.1 Å². The lowest BCUT2D eigenvalue weighted by molar-refractivity contribution is -0.235. The summed E-state index contributed by atoms with van der Waals surface area (Å²) in [5.74, 6) is -1.79. The predicted molar refractivity (Wildman–Crippen MR) is 38.2 cm³/mol. The zero-order valence-electron chi connectivity index (χ0n) is 6.82. The molecular formula is C7H10F3NO2. The molecule has 0 saturated carbocycles. The van der Waals surface area contributed by atoms with Gasteiger partial charge in [-0.05, 0) is 19.4 Å². The molecule has 0 amide bonds. The Morgan fingerprint density at radius 2 is 2.08 bits per heavy atom. The number of rotatable bonds is 1. The number of carbonyl (C=O) groups is 1. The quantitative estimate of drug-likeness (QED) is 0.659. The fourth-order valence-corrected chi connectivity index (χ4v) is 1.45. The van der Waals surface area contributed by atoms with E-state index in [1.807, 2.05) is 0 Å². The molecule has 3 nitrogen and oxygen atoms in total. The van der Waals surface area contributed by atoms with Gasteiger partial charge < -0.3 is 10.4 Å². The Morgan fingerprint density at radius 1 is 1.46 bits per heavy atom. The lowest BCUT2D eigenvalue weighted by Crippen LogP contribution is -2.54. The maximum absolute atomic E-state index is 12.4. The van der Waals surface area contributed by atoms with Crippen LogP contribution < -0.4 is 5.32 Å². The molecule has 0 spiro atoms. The topological polar surface area (TPSA) is 49.3 Å². The van der Waals surface area contributed by atoms with Crippen LogP contribution >= 0.6 is 0 Å². The summed E-state index contributed by atoms with van der Waals surface area (Å²) < 4.78 is 37.3. The van der Waals surface area contributed by atoms with Crippen LogP contribution in [0.25, 0.3) is 0 Å². The molecule has 2 N–H and O–H groups in total. The van der Waals surface area contributed by atoms with Gasteiger partial charge in [-0.25, -0.2) is 0 Å². The van der Waals surface area contributed by atoms with E-state index >= 15 is 0 Å². The third kappa shape index (κ3) is 1.63. The molecule has 6 heteroatoms. The minimum absolute atomic E-state index is 0.242. The lowest BCUT2D eigenvalue weighted by Gasteiger charge is -2.35. The van der Waals surface area contributed by atoms with Crippen LogP contribution in [0.3, 0.4) is 0 Å². The van der Waals surface area contributed by atoms with E-state index in [1.54, 1.807) is 0 Å². The second-order valence-corrected chi connectivity index (χ2v) is 3.17. The van der Waals surface area contributed by atoms with Crippen molar-refractivity contribution in [2.75, 3.05) is 13.1 Å². The molecule has 1 heterocycles. The normalized spacial score (nSPS) is 30.1. The number of aliphatic carboxylic acids is 1. The van der Waals surface area contributed by atoms with E-state index in [0.29, 0.717) is 6.54 Å². The summed E-state index contributed by atoms with van der Waals surface area (Å²) in [7, 11) is 0. The first-order valence-electron chi connectivity index (χ1n) is 3.91. The minimum atomic E-state index is -4.67. The summed E-state index contributed by atoms with van der Waals surface area (Å²) in [5.41, 5.74) is -2.58. The third-order valence-corrected chi connectivity index (χ3v) is 2.34. The average molecular weight is 197 g/mol. The molecule has 1 atom stereocenters. The van der Waals surface area contributed by atoms with Crippen molar-refractivity contribution in [2.45, 2.75) is 19.0 Å². The Balaban J connectivity index is 2.93. The van der Waals surface area contributed by atoms with Crippen molar-refractivity contribution in [3.63, 3.8) is 0 Å². The number of piperidine rings is 1. The van der Waals surface area contributed by atoms with Crippen molar-refractivity contribution in [1.29, 1.82) is 0 Å². The van der Waals surface area contributed by atoms with Gasteiger partial charge in [-0.2, -0.15) is 13.2 Å². The number of hydrogen-bond acceptors (Lipinski definition) is 2. The fraction of sp³-hybridized carbons (Fsp3) is 0.857. The van der Waals surface area contributed by atoms with Gasteiger partial charge in [0, 0.05) is 6.54 Å². The van der Waals surface area contributed by atoms with E-state index in [-0.39, 0.29) is 12.8 Å². The van der Waals surface area contributed by atoms with Gasteiger partial charge in [-0.15, -0.1) is 0 Å². The first-order valence-corrected chi connectivity index (χ1v) is 3.91. The van der Waals surface area contributed by atoms with Crippen LogP contribution in [0.2, 0.25) is 0 Å². The maximum Gasteiger partial charge on any atom is 0.406 e. The van der Waals surface area contributed by atoms with Crippen molar-refractivity contribution in [2.24, 2.45) is 5.41 Å². The highest BCUT2D eigenvalue weighted by Crippen LogP contribution is 2.43. The van der Waals surface area contributed by atoms with Crippen LogP contribution in [0.4, 0.5) is 13.2 Å². The molecule has 0 aliphatic carbocycles. The molecule has 0 aromatic heterocycles. The van der Waals surface area contributed by atoms with E-state index in [0.717, 1.165) is 0 Å². The Bertz CT molecular complexity index is 208. The van der Waals surface area contributed by atoms with E-state index in [2.05, 4.69) is 5.32 Å². The van der Waals surface area contributed by atoms with Gasteiger partial charge in [0.15, 0.2) is 5.41 Å². The Labute approximate surface area is 72.9 Å². The van der Waals surface area contributed by atoms with Crippen LogP contribution in [-0.4, -0.2) is 30.3 Å². The predicted octanol–water partition coefficient (Wildman–Crippen LogP) is 1.00. The van der Waals surface area contributed by atoms with Gasteiger partial charge in [0.2, 0.25) is 0 Å². The van der Waals surface area contributed by atoms with Gasteiger partial charge in [0.1, 0.15) is 0 Å². The largest absolute Gasteiger partial charge is 0.481 e. The fourth-order valence-electron chi connectivity index (χ4n) is 1.45. The Hall–Kier alpha value is -0.780. The third-order valence-electron chi connectivity index (χ3n) is 2.34. The molecule has 1 aliphatic heterocycles. The van der Waals surface area contributed by atoms with Crippen LogP contribution in [0.5, 0.6) is 0 Å². The second kappa shape index (κ2) is 3.17. The molecule has 0 bridgehead atoms. The Kier molecular flexibility index (Phi) is 2.51. The van der Waals surface area contributed by atoms with Gasteiger partial charge in [-0.1, -0.05) is 0 Å². The van der Waals surface area contributed by atoms with Crippen molar-refractivity contribution in [1.82, 2.24) is 5.32 Å². The van der Waals surface area contributed by atoms with Crippen LogP contribution in [0, 0.1) is 5.41 Å². The zero-order chi connectivity index (χ0) is 10.1. The molecule has 1 unspecified atom stereocenters. The molecule has 1 aliphatic rings. The van der Waals surface area contributed by atoms with E-state index in [9.17, 15) is 18.0 Å². The first kappa shape index (κ1) is 10.3. The van der Waals surface area contributed by atoms with Crippen molar-refractivity contribution < 1.29 is 23.1 Å². The summed E-state index contributed by atoms with van der Waals surface area (Å²) in [6, 6.07) is 0. The number of carboxylic acid groups (broad SMARTS) is 1. The summed E-state index contributed by atoms with van der Waals surface area (Å²) in [6.07, 6.45) is -4.77. The zero-order valence-corrected chi connectivity index (χ0v) is 6.82. The van der Waals surface area contributed by atoms with Crippen molar-refractivity contribution >= 4 is 5.97 Å². The lowest BCUT2D eigenvalue weighted by atomic mass is 9.80. The number of halogens is 3. The minimum Gasteiger partial charge on any atom is -0.481 e. The van der Waals surface area contributed by atoms with E-state index in [1.165, 1.54) is 0 Å². The molecule has 13 heavy (non-hydrogen) atoms. The van der Waals surface area contributed by atoms with Crippen LogP contribution in [0.15, 0.2) is 0 Å². The molecule has 76 valence electrons. The van der Waals surface area contributed by atoms with Crippen LogP contribution in [-0.2, 0) is 4.79 Å². The smallest absolute Gasteiger partial charge is 0.406 e. The van der Waals surface area contributed by atoms with Crippen molar-refractivity contribution in [3.8, 4) is 0 Å². The molecular weight excluding hydrogens is 187 g/mol. The highest BCUT2D eigenvalue weighted by molar-refractivity contribution is 5.76. The SMILES string of the molecule is O=C(O)C1(C(F)(F)F)CCCNC1. The van der Waals surface area contributed by atoms with Crippen LogP contribution in [0.1, 0.15) is 12.8 Å². The standard InChI is InChI=1S/C7H10F3NO2/c8-7(9,10)6(5(12)13)2-1-3-11-4-6/h11H,1-4H2,(H,12,13). The molecule has 0 aromatic carbocycles. The van der Waals surface area contributed by atoms with Gasteiger partial charge >= 0.3 is 12.1 Å². The van der Waals surface area contributed by atoms with Gasteiger partial charge in [-0.3, -0.25) is 4.79 Å². The molecule has 1 rings (SSSR count). The summed E-state index contributed by atoms with van der Waals surface area (Å²) in [4.78, 5) is 10.6. The Morgan fingerprint density at radius 3 is 2.31 bits per heavy atom. The number of alkyl halides is 3. The van der Waals surface area contributed by atoms with Gasteiger partial charge in [0.25, 0.3) is 0 Å². The summed E-state index contributed by atoms with van der Waals surface area (Å²) in [6.45, 7) is -0.0725. The van der Waals surface area contributed by atoms with Gasteiger partial charge in [0.05, 0.1) is 0 Å². The molecule has 1 fully saturated rings.